The monoisotopic (exact) mass is 393 g/mol. The van der Waals surface area contributed by atoms with Crippen molar-refractivity contribution < 1.29 is 18.4 Å². The molecule has 4 nitrogen and oxygen atoms in total. The highest BCUT2D eigenvalue weighted by Crippen LogP contribution is 2.50. The Morgan fingerprint density at radius 3 is 2.58 bits per heavy atom. The molecule has 0 aliphatic carbocycles. The van der Waals surface area contributed by atoms with Gasteiger partial charge in [-0.15, -0.1) is 0 Å². The van der Waals surface area contributed by atoms with E-state index in [2.05, 4.69) is 4.98 Å². The van der Waals surface area contributed by atoms with Crippen molar-refractivity contribution in [2.75, 3.05) is 0 Å². The fourth-order valence-electron chi connectivity index (χ4n) is 2.99. The van der Waals surface area contributed by atoms with Crippen LogP contribution in [0.15, 0.2) is 42.6 Å². The zero-order valence-corrected chi connectivity index (χ0v) is 16.2. The second kappa shape index (κ2) is 6.99. The smallest absolute Gasteiger partial charge is 0.413 e. The summed E-state index contributed by atoms with van der Waals surface area (Å²) >= 11 is 5.35. The van der Waals surface area contributed by atoms with Gasteiger partial charge in [0.1, 0.15) is 11.6 Å². The van der Waals surface area contributed by atoms with Crippen LogP contribution in [-0.2, 0) is 4.57 Å². The third-order valence-electron chi connectivity index (χ3n) is 4.17. The molecule has 2 aromatic carbocycles. The number of hydrogen-bond donors (Lipinski definition) is 1. The molecule has 136 valence electrons. The molecule has 7 heteroatoms. The lowest BCUT2D eigenvalue weighted by Crippen LogP contribution is -2.00. The lowest BCUT2D eigenvalue weighted by molar-refractivity contribution is 0.396. The van der Waals surface area contributed by atoms with Gasteiger partial charge in [-0.25, -0.2) is 8.96 Å². The van der Waals surface area contributed by atoms with Gasteiger partial charge in [0.15, 0.2) is 0 Å². The third-order valence-corrected chi connectivity index (χ3v) is 4.80. The van der Waals surface area contributed by atoms with Crippen molar-refractivity contribution in [3.05, 3.63) is 59.5 Å². The van der Waals surface area contributed by atoms with E-state index in [0.717, 1.165) is 22.0 Å². The first kappa shape index (κ1) is 18.8. The van der Waals surface area contributed by atoms with Crippen molar-refractivity contribution >= 4 is 29.1 Å². The quantitative estimate of drug-likeness (QED) is 0.537. The molecule has 0 saturated heterocycles. The first-order valence-corrected chi connectivity index (χ1v) is 10.5. The number of nitrogens with zero attached hydrogens (tertiary/aromatic N) is 1. The average Bonchev–Trinajstić information content (AvgIpc) is 2.52. The Bertz CT molecular complexity index is 1030. The number of aryl methyl sites for hydroxylation is 1. The maximum Gasteiger partial charge on any atom is 0.474 e. The molecule has 1 atom stereocenters. The minimum atomic E-state index is -4.34. The molecule has 1 heterocycles. The first-order chi connectivity index (χ1) is 12.2. The largest absolute Gasteiger partial charge is 0.474 e. The Labute approximate surface area is 155 Å². The van der Waals surface area contributed by atoms with Gasteiger partial charge in [0.25, 0.3) is 0 Å². The molecule has 1 aromatic heterocycles. The van der Waals surface area contributed by atoms with Crippen LogP contribution in [0, 0.1) is 12.7 Å². The van der Waals surface area contributed by atoms with Crippen molar-refractivity contribution in [3.63, 3.8) is 0 Å². The van der Waals surface area contributed by atoms with E-state index >= 15 is 0 Å². The highest BCUT2D eigenvalue weighted by Gasteiger charge is 2.23. The molecular formula is C19H18ClFNO3P. The van der Waals surface area contributed by atoms with Crippen LogP contribution < -0.4 is 4.52 Å². The maximum absolute atomic E-state index is 14.7. The van der Waals surface area contributed by atoms with Crippen LogP contribution in [0.1, 0.15) is 30.9 Å². The van der Waals surface area contributed by atoms with Crippen LogP contribution in [0.2, 0.25) is 0 Å². The summed E-state index contributed by atoms with van der Waals surface area (Å²) in [4.78, 5) is 13.7. The average molecular weight is 394 g/mol. The number of hydrogen-bond acceptors (Lipinski definition) is 3. The van der Waals surface area contributed by atoms with Crippen LogP contribution in [0.25, 0.3) is 22.0 Å². The molecule has 0 amide bonds. The van der Waals surface area contributed by atoms with Gasteiger partial charge in [-0.1, -0.05) is 26.0 Å². The summed E-state index contributed by atoms with van der Waals surface area (Å²) in [5.74, 6) is -0.800. The van der Waals surface area contributed by atoms with Gasteiger partial charge >= 0.3 is 6.95 Å². The highest BCUT2D eigenvalue weighted by atomic mass is 35.7. The predicted octanol–water partition coefficient (Wildman–Crippen LogP) is 6.19. The van der Waals surface area contributed by atoms with Crippen LogP contribution in [0.5, 0.6) is 5.75 Å². The predicted molar refractivity (Wildman–Crippen MR) is 102 cm³/mol. The van der Waals surface area contributed by atoms with Crippen molar-refractivity contribution in [2.24, 2.45) is 0 Å². The number of fused-ring (bicyclic) bond motifs is 1. The molecule has 0 fully saturated rings. The van der Waals surface area contributed by atoms with Gasteiger partial charge in [0.2, 0.25) is 0 Å². The molecule has 0 aliphatic rings. The minimum absolute atomic E-state index is 0.0341. The van der Waals surface area contributed by atoms with Crippen LogP contribution in [0.3, 0.4) is 0 Å². The number of halogens is 2. The SMILES string of the molecule is Cc1ccnc2cc(-c3cc(F)c(C(C)C)c(OP(=O)(O)Cl)c3)ccc12. The molecule has 0 spiro atoms. The molecule has 26 heavy (non-hydrogen) atoms. The van der Waals surface area contributed by atoms with Crippen molar-refractivity contribution in [3.8, 4) is 16.9 Å². The molecule has 0 bridgehead atoms. The van der Waals surface area contributed by atoms with E-state index in [1.807, 2.05) is 31.2 Å². The first-order valence-electron chi connectivity index (χ1n) is 8.07. The minimum Gasteiger partial charge on any atom is -0.413 e. The van der Waals surface area contributed by atoms with Crippen LogP contribution >= 0.6 is 18.2 Å². The Hall–Kier alpha value is -1.94. The molecular weight excluding hydrogens is 376 g/mol. The van der Waals surface area contributed by atoms with Gasteiger partial charge in [-0.05, 0) is 53.8 Å². The molecule has 0 radical (unpaired) electrons. The number of rotatable bonds is 4. The summed E-state index contributed by atoms with van der Waals surface area (Å²) in [5.41, 5.74) is 3.31. The summed E-state index contributed by atoms with van der Waals surface area (Å²) in [5, 5.41) is 1.01. The number of aromatic nitrogens is 1. The van der Waals surface area contributed by atoms with E-state index in [1.165, 1.54) is 12.1 Å². The lowest BCUT2D eigenvalue weighted by atomic mass is 9.96. The fourth-order valence-corrected chi connectivity index (χ4v) is 3.60. The zero-order chi connectivity index (χ0) is 19.1. The normalized spacial score (nSPS) is 13.8. The van der Waals surface area contributed by atoms with Gasteiger partial charge in [-0.3, -0.25) is 4.98 Å². The molecule has 0 saturated carbocycles. The van der Waals surface area contributed by atoms with E-state index in [4.69, 9.17) is 15.8 Å². The van der Waals surface area contributed by atoms with E-state index in [0.29, 0.717) is 5.56 Å². The topological polar surface area (TPSA) is 59.4 Å². The Morgan fingerprint density at radius 2 is 1.92 bits per heavy atom. The van der Waals surface area contributed by atoms with E-state index in [-0.39, 0.29) is 17.2 Å². The lowest BCUT2D eigenvalue weighted by Gasteiger charge is -2.17. The number of pyridine rings is 1. The van der Waals surface area contributed by atoms with Crippen LogP contribution in [0.4, 0.5) is 4.39 Å². The zero-order valence-electron chi connectivity index (χ0n) is 14.5. The Morgan fingerprint density at radius 1 is 1.19 bits per heavy atom. The highest BCUT2D eigenvalue weighted by molar-refractivity contribution is 7.80. The molecule has 0 aliphatic heterocycles. The second-order valence-corrected chi connectivity index (χ2v) is 8.79. The summed E-state index contributed by atoms with van der Waals surface area (Å²) in [6.45, 7) is 1.19. The molecule has 1 N–H and O–H groups in total. The molecule has 3 aromatic rings. The summed E-state index contributed by atoms with van der Waals surface area (Å²) in [7, 11) is 0. The van der Waals surface area contributed by atoms with Gasteiger partial charge in [0, 0.05) is 28.4 Å². The number of benzene rings is 2. The summed E-state index contributed by atoms with van der Waals surface area (Å²) in [6.07, 6.45) is 1.72. The van der Waals surface area contributed by atoms with Crippen molar-refractivity contribution in [1.29, 1.82) is 0 Å². The standard InChI is InChI=1S/C19H18ClFNO3P/c1-11(2)19-16(21)8-14(10-18(19)25-26(20,23)24)13-4-5-15-12(3)6-7-22-17(15)9-13/h4-11H,1-3H3,(H,23,24). The molecule has 3 rings (SSSR count). The van der Waals surface area contributed by atoms with E-state index < -0.39 is 12.8 Å². The van der Waals surface area contributed by atoms with Gasteiger partial charge < -0.3 is 9.42 Å². The van der Waals surface area contributed by atoms with Crippen molar-refractivity contribution in [2.45, 2.75) is 26.7 Å². The Kier molecular flexibility index (Phi) is 5.07. The van der Waals surface area contributed by atoms with Crippen LogP contribution in [-0.4, -0.2) is 9.88 Å². The summed E-state index contributed by atoms with van der Waals surface area (Å²) < 4.78 is 31.2. The Balaban J connectivity index is 2.18. The van der Waals surface area contributed by atoms with Crippen molar-refractivity contribution in [1.82, 2.24) is 4.98 Å². The fraction of sp³-hybridized carbons (Fsp3) is 0.211. The molecule has 1 unspecified atom stereocenters. The van der Waals surface area contributed by atoms with Gasteiger partial charge in [-0.2, -0.15) is 0 Å². The van der Waals surface area contributed by atoms with E-state index in [9.17, 15) is 13.8 Å². The van der Waals surface area contributed by atoms with Gasteiger partial charge in [0.05, 0.1) is 5.52 Å². The second-order valence-electron chi connectivity index (χ2n) is 6.43. The summed E-state index contributed by atoms with van der Waals surface area (Å²) in [6, 6.07) is 10.4. The third kappa shape index (κ3) is 3.90. The maximum atomic E-state index is 14.7. The van der Waals surface area contributed by atoms with E-state index in [1.54, 1.807) is 20.0 Å².